The zero-order valence-electron chi connectivity index (χ0n) is 11.8. The van der Waals surface area contributed by atoms with Gasteiger partial charge in [-0.15, -0.1) is 0 Å². The van der Waals surface area contributed by atoms with E-state index >= 15 is 0 Å². The Morgan fingerprint density at radius 3 is 2.62 bits per heavy atom. The minimum Gasteiger partial charge on any atom is -0.504 e. The molecule has 0 aliphatic heterocycles. The molecule has 1 aliphatic rings. The van der Waals surface area contributed by atoms with Crippen LogP contribution >= 0.6 is 11.6 Å². The van der Waals surface area contributed by atoms with Gasteiger partial charge < -0.3 is 15.2 Å². The largest absolute Gasteiger partial charge is 0.504 e. The van der Waals surface area contributed by atoms with Gasteiger partial charge in [0.2, 0.25) is 0 Å². The number of phenolic OH excluding ortho intramolecular Hbond substituents is 1. The summed E-state index contributed by atoms with van der Waals surface area (Å²) in [5.41, 5.74) is 2.14. The average molecular weight is 304 g/mol. The molecular weight excluding hydrogens is 286 g/mol. The van der Waals surface area contributed by atoms with Gasteiger partial charge in [-0.25, -0.2) is 0 Å². The van der Waals surface area contributed by atoms with Crippen molar-refractivity contribution in [1.82, 2.24) is 0 Å². The van der Waals surface area contributed by atoms with Crippen LogP contribution in [0.1, 0.15) is 24.3 Å². The molecule has 0 spiro atoms. The van der Waals surface area contributed by atoms with Gasteiger partial charge in [0.1, 0.15) is 0 Å². The maximum absolute atomic E-state index is 9.78. The highest BCUT2D eigenvalue weighted by molar-refractivity contribution is 6.31. The van der Waals surface area contributed by atoms with Gasteiger partial charge in [-0.1, -0.05) is 29.8 Å². The molecule has 110 valence electrons. The standard InChI is InChI=1S/C17H18ClNO2/c1-21-17-7-6-12(10-16(17)20)19-13-8-11(9-13)14-4-2-3-5-15(14)18/h2-7,10-11,13,19-20H,8-9H2,1H3. The van der Waals surface area contributed by atoms with Crippen LogP contribution in [0.5, 0.6) is 11.5 Å². The Morgan fingerprint density at radius 2 is 1.95 bits per heavy atom. The fourth-order valence-electron chi connectivity index (χ4n) is 2.81. The molecule has 2 aromatic carbocycles. The molecule has 4 heteroatoms. The third kappa shape index (κ3) is 2.93. The van der Waals surface area contributed by atoms with Gasteiger partial charge in [0.25, 0.3) is 0 Å². The van der Waals surface area contributed by atoms with Crippen LogP contribution < -0.4 is 10.1 Å². The summed E-state index contributed by atoms with van der Waals surface area (Å²) in [5, 5.41) is 14.1. The summed E-state index contributed by atoms with van der Waals surface area (Å²) >= 11 is 6.23. The molecule has 2 aromatic rings. The summed E-state index contributed by atoms with van der Waals surface area (Å²) in [4.78, 5) is 0. The van der Waals surface area contributed by atoms with Gasteiger partial charge >= 0.3 is 0 Å². The Morgan fingerprint density at radius 1 is 1.19 bits per heavy atom. The summed E-state index contributed by atoms with van der Waals surface area (Å²) in [5.74, 6) is 1.16. The van der Waals surface area contributed by atoms with Crippen LogP contribution in [0, 0.1) is 0 Å². The third-order valence-electron chi connectivity index (χ3n) is 4.03. The third-order valence-corrected chi connectivity index (χ3v) is 4.38. The summed E-state index contributed by atoms with van der Waals surface area (Å²) < 4.78 is 5.04. The number of rotatable bonds is 4. The van der Waals surface area contributed by atoms with Crippen LogP contribution in [0.4, 0.5) is 5.69 Å². The molecule has 0 aromatic heterocycles. The summed E-state index contributed by atoms with van der Waals surface area (Å²) in [7, 11) is 1.54. The van der Waals surface area contributed by atoms with Crippen LogP contribution in [-0.2, 0) is 0 Å². The second kappa shape index (κ2) is 5.86. The Balaban J connectivity index is 1.60. The fourth-order valence-corrected chi connectivity index (χ4v) is 3.10. The van der Waals surface area contributed by atoms with Gasteiger partial charge in [0.05, 0.1) is 7.11 Å². The fraction of sp³-hybridized carbons (Fsp3) is 0.294. The highest BCUT2D eigenvalue weighted by Crippen LogP contribution is 2.41. The van der Waals surface area contributed by atoms with E-state index in [4.69, 9.17) is 16.3 Å². The predicted octanol–water partition coefficient (Wildman–Crippen LogP) is 4.41. The Hall–Kier alpha value is -1.87. The van der Waals surface area contributed by atoms with Crippen LogP contribution in [-0.4, -0.2) is 18.3 Å². The number of methoxy groups -OCH3 is 1. The first-order valence-corrected chi connectivity index (χ1v) is 7.43. The molecule has 0 atom stereocenters. The lowest BCUT2D eigenvalue weighted by Gasteiger charge is -2.37. The molecular formula is C17H18ClNO2. The number of hydrogen-bond donors (Lipinski definition) is 2. The first kappa shape index (κ1) is 14.1. The zero-order valence-corrected chi connectivity index (χ0v) is 12.6. The van der Waals surface area contributed by atoms with Crippen molar-refractivity contribution in [1.29, 1.82) is 0 Å². The molecule has 0 heterocycles. The van der Waals surface area contributed by atoms with E-state index in [-0.39, 0.29) is 5.75 Å². The van der Waals surface area contributed by atoms with Crippen molar-refractivity contribution < 1.29 is 9.84 Å². The highest BCUT2D eigenvalue weighted by Gasteiger charge is 2.31. The number of ether oxygens (including phenoxy) is 1. The first-order valence-electron chi connectivity index (χ1n) is 7.05. The molecule has 1 saturated carbocycles. The number of benzene rings is 2. The second-order valence-corrected chi connectivity index (χ2v) is 5.82. The van der Waals surface area contributed by atoms with Gasteiger partial charge in [0.15, 0.2) is 11.5 Å². The molecule has 21 heavy (non-hydrogen) atoms. The van der Waals surface area contributed by atoms with Crippen molar-refractivity contribution in [3.05, 3.63) is 53.1 Å². The average Bonchev–Trinajstić information content (AvgIpc) is 2.44. The first-order chi connectivity index (χ1) is 10.2. The zero-order chi connectivity index (χ0) is 14.8. The van der Waals surface area contributed by atoms with Crippen molar-refractivity contribution in [2.75, 3.05) is 12.4 Å². The van der Waals surface area contributed by atoms with E-state index in [9.17, 15) is 5.11 Å². The van der Waals surface area contributed by atoms with E-state index in [2.05, 4.69) is 11.4 Å². The number of aromatic hydroxyl groups is 1. The van der Waals surface area contributed by atoms with Gasteiger partial charge in [-0.2, -0.15) is 0 Å². The van der Waals surface area contributed by atoms with Crippen molar-refractivity contribution in [2.45, 2.75) is 24.8 Å². The van der Waals surface area contributed by atoms with Gasteiger partial charge in [-0.05, 0) is 42.5 Å². The smallest absolute Gasteiger partial charge is 0.160 e. The lowest BCUT2D eigenvalue weighted by Crippen LogP contribution is -2.34. The normalized spacial score (nSPS) is 20.7. The highest BCUT2D eigenvalue weighted by atomic mass is 35.5. The quantitative estimate of drug-likeness (QED) is 0.879. The molecule has 0 radical (unpaired) electrons. The molecule has 2 N–H and O–H groups in total. The van der Waals surface area contributed by atoms with Crippen LogP contribution in [0.25, 0.3) is 0 Å². The van der Waals surface area contributed by atoms with Crippen molar-refractivity contribution >= 4 is 17.3 Å². The van der Waals surface area contributed by atoms with E-state index in [1.807, 2.05) is 24.3 Å². The number of nitrogens with one attached hydrogen (secondary N) is 1. The molecule has 1 aliphatic carbocycles. The van der Waals surface area contributed by atoms with Crippen LogP contribution in [0.2, 0.25) is 5.02 Å². The van der Waals surface area contributed by atoms with E-state index in [1.54, 1.807) is 19.2 Å². The molecule has 1 fully saturated rings. The number of hydrogen-bond acceptors (Lipinski definition) is 3. The summed E-state index contributed by atoms with van der Waals surface area (Å²) in [6.45, 7) is 0. The topological polar surface area (TPSA) is 41.5 Å². The summed E-state index contributed by atoms with van der Waals surface area (Å²) in [6.07, 6.45) is 2.10. The van der Waals surface area contributed by atoms with Crippen LogP contribution in [0.15, 0.2) is 42.5 Å². The lowest BCUT2D eigenvalue weighted by molar-refractivity contribution is 0.369. The Labute approximate surface area is 129 Å². The summed E-state index contributed by atoms with van der Waals surface area (Å²) in [6, 6.07) is 13.8. The van der Waals surface area contributed by atoms with E-state index in [0.717, 1.165) is 23.6 Å². The molecule has 3 rings (SSSR count). The number of anilines is 1. The molecule has 0 bridgehead atoms. The maximum atomic E-state index is 9.78. The SMILES string of the molecule is COc1ccc(NC2CC(c3ccccc3Cl)C2)cc1O. The molecule has 3 nitrogen and oxygen atoms in total. The minimum absolute atomic E-state index is 0.157. The second-order valence-electron chi connectivity index (χ2n) is 5.42. The number of phenols is 1. The van der Waals surface area contributed by atoms with Gasteiger partial charge in [0, 0.05) is 22.8 Å². The monoisotopic (exact) mass is 303 g/mol. The maximum Gasteiger partial charge on any atom is 0.160 e. The van der Waals surface area contributed by atoms with Crippen molar-refractivity contribution in [3.63, 3.8) is 0 Å². The van der Waals surface area contributed by atoms with E-state index < -0.39 is 0 Å². The van der Waals surface area contributed by atoms with Gasteiger partial charge in [-0.3, -0.25) is 0 Å². The predicted molar refractivity (Wildman–Crippen MR) is 85.5 cm³/mol. The molecule has 0 unspecified atom stereocenters. The molecule has 0 amide bonds. The Bertz CT molecular complexity index is 638. The Kier molecular flexibility index (Phi) is 3.93. The van der Waals surface area contributed by atoms with Crippen molar-refractivity contribution in [3.8, 4) is 11.5 Å². The van der Waals surface area contributed by atoms with Crippen molar-refractivity contribution in [2.24, 2.45) is 0 Å². The number of halogens is 1. The van der Waals surface area contributed by atoms with E-state index in [0.29, 0.717) is 17.7 Å². The van der Waals surface area contributed by atoms with Crippen LogP contribution in [0.3, 0.4) is 0 Å². The lowest BCUT2D eigenvalue weighted by atomic mass is 9.76. The molecule has 0 saturated heterocycles. The minimum atomic E-state index is 0.157. The van der Waals surface area contributed by atoms with E-state index in [1.165, 1.54) is 5.56 Å².